The summed E-state index contributed by atoms with van der Waals surface area (Å²) in [6, 6.07) is 5.98. The molecule has 4 N–H and O–H groups in total. The second kappa shape index (κ2) is 16.8. The molecule has 0 radical (unpaired) electrons. The molecule has 4 rings (SSSR count). The van der Waals surface area contributed by atoms with E-state index in [1.54, 1.807) is 11.3 Å². The van der Waals surface area contributed by atoms with Gasteiger partial charge in [-0.3, -0.25) is 19.2 Å². The van der Waals surface area contributed by atoms with E-state index in [0.29, 0.717) is 25.3 Å². The number of nitrogens with zero attached hydrogens (tertiary/aromatic N) is 3. The lowest BCUT2D eigenvalue weighted by molar-refractivity contribution is -0.144. The normalized spacial score (nSPS) is 20.3. The van der Waals surface area contributed by atoms with Crippen molar-refractivity contribution in [3.63, 3.8) is 0 Å². The van der Waals surface area contributed by atoms with Crippen molar-refractivity contribution >= 4 is 35.0 Å². The average molecular weight is 684 g/mol. The van der Waals surface area contributed by atoms with Crippen molar-refractivity contribution in [3.05, 3.63) is 41.0 Å². The number of aliphatic carboxylic acids is 1. The average Bonchev–Trinajstić information content (AvgIpc) is 3.66. The van der Waals surface area contributed by atoms with E-state index in [0.717, 1.165) is 60.5 Å². The fraction of sp³-hybridized carbons (Fsp3) is 0.639. The molecule has 2 aliphatic rings. The van der Waals surface area contributed by atoms with Crippen LogP contribution < -0.4 is 10.6 Å². The number of β-amino-alcohol motifs (C(OH)–C–C–N with tert-alkyl or cyclic N) is 1. The van der Waals surface area contributed by atoms with Gasteiger partial charge >= 0.3 is 5.97 Å². The number of carbonyl (C=O) groups excluding carboxylic acids is 3. The van der Waals surface area contributed by atoms with E-state index in [-0.39, 0.29) is 43.1 Å². The van der Waals surface area contributed by atoms with Gasteiger partial charge < -0.3 is 30.6 Å². The van der Waals surface area contributed by atoms with Gasteiger partial charge in [-0.15, -0.1) is 11.3 Å². The van der Waals surface area contributed by atoms with Gasteiger partial charge in [0.25, 0.3) is 0 Å². The SMILES string of the molecule is Cc1ncsc1-c1ccc([C@H](C)NC(=O)[C@@H]2C[C@@H](O)CN2C(=O)[C@@H](NC(=O)CCCCC2CCN(CCC(=O)O)CC2)C(C)(C)C)cc1. The largest absolute Gasteiger partial charge is 0.481 e. The molecule has 2 fully saturated rings. The zero-order valence-corrected chi connectivity index (χ0v) is 29.9. The molecule has 0 unspecified atom stereocenters. The van der Waals surface area contributed by atoms with Crippen LogP contribution >= 0.6 is 11.3 Å². The van der Waals surface area contributed by atoms with E-state index < -0.39 is 29.6 Å². The molecule has 3 heterocycles. The summed E-state index contributed by atoms with van der Waals surface area (Å²) >= 11 is 1.58. The lowest BCUT2D eigenvalue weighted by Crippen LogP contribution is -2.57. The summed E-state index contributed by atoms with van der Waals surface area (Å²) in [6.45, 7) is 12.0. The molecule has 2 aliphatic heterocycles. The number of nitrogens with one attached hydrogen (secondary N) is 2. The predicted octanol–water partition coefficient (Wildman–Crippen LogP) is 4.54. The Labute approximate surface area is 288 Å². The molecule has 1 aromatic carbocycles. The summed E-state index contributed by atoms with van der Waals surface area (Å²) in [5.41, 5.74) is 4.18. The molecule has 0 spiro atoms. The van der Waals surface area contributed by atoms with E-state index in [4.69, 9.17) is 5.11 Å². The van der Waals surface area contributed by atoms with E-state index >= 15 is 0 Å². The molecule has 11 nitrogen and oxygen atoms in total. The molecule has 1 aromatic heterocycles. The summed E-state index contributed by atoms with van der Waals surface area (Å²) in [5, 5.41) is 25.5. The van der Waals surface area contributed by atoms with Gasteiger partial charge in [0.1, 0.15) is 12.1 Å². The topological polar surface area (TPSA) is 152 Å². The molecule has 48 heavy (non-hydrogen) atoms. The maximum absolute atomic E-state index is 13.9. The van der Waals surface area contributed by atoms with Crippen LogP contribution in [0.1, 0.15) is 96.4 Å². The van der Waals surface area contributed by atoms with Gasteiger partial charge in [0, 0.05) is 25.9 Å². The Morgan fingerprint density at radius 2 is 1.73 bits per heavy atom. The number of rotatable bonds is 14. The Balaban J connectivity index is 1.28. The molecule has 0 bridgehead atoms. The van der Waals surface area contributed by atoms with Crippen molar-refractivity contribution in [1.29, 1.82) is 0 Å². The highest BCUT2D eigenvalue weighted by atomic mass is 32.1. The van der Waals surface area contributed by atoms with Crippen LogP contribution in [0.3, 0.4) is 0 Å². The maximum Gasteiger partial charge on any atom is 0.304 e. The van der Waals surface area contributed by atoms with Crippen LogP contribution in [0.2, 0.25) is 0 Å². The minimum absolute atomic E-state index is 0.0335. The van der Waals surface area contributed by atoms with Crippen LogP contribution in [0.5, 0.6) is 0 Å². The third-order valence-electron chi connectivity index (χ3n) is 9.68. The standard InChI is InChI=1S/C36H53N5O6S/c1-23(26-10-12-27(13-11-26)32-24(2)37-22-48-32)38-34(46)29-20-28(42)21-41(29)35(47)33(36(3,4)5)39-30(43)9-7-6-8-25-14-17-40(18-15-25)19-16-31(44)45/h10-13,22-23,25,28-29,33,42H,6-9,14-21H2,1-5H3,(H,38,46)(H,39,43)(H,44,45)/t23-,28+,29-,33+/m0/s1. The van der Waals surface area contributed by atoms with Crippen LogP contribution in [0.25, 0.3) is 10.4 Å². The number of hydrogen-bond acceptors (Lipinski definition) is 8. The fourth-order valence-corrected chi connectivity index (χ4v) is 7.53. The number of aromatic nitrogens is 1. The number of unbranched alkanes of at least 4 members (excludes halogenated alkanes) is 1. The van der Waals surface area contributed by atoms with Gasteiger partial charge in [-0.2, -0.15) is 0 Å². The number of hydrogen-bond donors (Lipinski definition) is 4. The molecule has 2 aromatic rings. The number of carboxylic acids is 1. The van der Waals surface area contributed by atoms with Crippen molar-refractivity contribution < 1.29 is 29.4 Å². The van der Waals surface area contributed by atoms with Gasteiger partial charge in [0.15, 0.2) is 0 Å². The smallest absolute Gasteiger partial charge is 0.304 e. The first kappa shape index (κ1) is 37.5. The second-order valence-electron chi connectivity index (χ2n) is 14.6. The van der Waals surface area contributed by atoms with E-state index in [1.165, 1.54) is 4.90 Å². The van der Waals surface area contributed by atoms with Gasteiger partial charge in [0.05, 0.1) is 34.6 Å². The Bertz CT molecular complexity index is 1400. The van der Waals surface area contributed by atoms with Crippen molar-refractivity contribution in [2.75, 3.05) is 26.2 Å². The molecule has 12 heteroatoms. The lowest BCUT2D eigenvalue weighted by Gasteiger charge is -2.35. The summed E-state index contributed by atoms with van der Waals surface area (Å²) in [5.74, 6) is -1.07. The highest BCUT2D eigenvalue weighted by Crippen LogP contribution is 2.30. The molecular weight excluding hydrogens is 630 g/mol. The second-order valence-corrected chi connectivity index (χ2v) is 15.4. The lowest BCUT2D eigenvalue weighted by atomic mass is 9.85. The first-order valence-electron chi connectivity index (χ1n) is 17.3. The minimum atomic E-state index is -0.846. The van der Waals surface area contributed by atoms with Gasteiger partial charge in [-0.1, -0.05) is 57.9 Å². The number of amides is 3. The summed E-state index contributed by atoms with van der Waals surface area (Å²) in [6.07, 6.45) is 4.52. The van der Waals surface area contributed by atoms with Gasteiger partial charge in [0.2, 0.25) is 17.7 Å². The van der Waals surface area contributed by atoms with Crippen LogP contribution in [0.4, 0.5) is 0 Å². The number of aliphatic hydroxyl groups excluding tert-OH is 1. The van der Waals surface area contributed by atoms with Gasteiger partial charge in [-0.05, 0) is 68.7 Å². The van der Waals surface area contributed by atoms with Crippen molar-refractivity contribution in [3.8, 4) is 10.4 Å². The minimum Gasteiger partial charge on any atom is -0.481 e. The summed E-state index contributed by atoms with van der Waals surface area (Å²) in [7, 11) is 0. The third-order valence-corrected chi connectivity index (χ3v) is 10.7. The number of aliphatic hydroxyl groups is 1. The fourth-order valence-electron chi connectivity index (χ4n) is 6.72. The van der Waals surface area contributed by atoms with Crippen LogP contribution in [0.15, 0.2) is 29.8 Å². The molecule has 3 amide bonds. The van der Waals surface area contributed by atoms with Crippen molar-refractivity contribution in [2.24, 2.45) is 11.3 Å². The Morgan fingerprint density at radius 3 is 2.33 bits per heavy atom. The van der Waals surface area contributed by atoms with Crippen LogP contribution in [-0.4, -0.2) is 93.1 Å². The Kier molecular flexibility index (Phi) is 13.2. The maximum atomic E-state index is 13.9. The summed E-state index contributed by atoms with van der Waals surface area (Å²) < 4.78 is 0. The van der Waals surface area contributed by atoms with Crippen LogP contribution in [-0.2, 0) is 19.2 Å². The first-order chi connectivity index (χ1) is 22.7. The highest BCUT2D eigenvalue weighted by Gasteiger charge is 2.44. The van der Waals surface area contributed by atoms with E-state index in [1.807, 2.05) is 64.4 Å². The molecular formula is C36H53N5O6S. The number of aryl methyl sites for hydroxylation is 1. The number of carbonyl (C=O) groups is 4. The molecule has 0 saturated carbocycles. The molecule has 2 saturated heterocycles. The third kappa shape index (κ3) is 10.3. The number of benzene rings is 1. The zero-order valence-electron chi connectivity index (χ0n) is 29.0. The zero-order chi connectivity index (χ0) is 35.0. The predicted molar refractivity (Wildman–Crippen MR) is 186 cm³/mol. The molecule has 264 valence electrons. The number of likely N-dealkylation sites (tertiary alicyclic amines) is 2. The number of carboxylic acid groups (broad SMARTS) is 1. The van der Waals surface area contributed by atoms with Crippen LogP contribution in [0, 0.1) is 18.3 Å². The number of thiazole rings is 1. The van der Waals surface area contributed by atoms with E-state index in [2.05, 4.69) is 20.5 Å². The quantitative estimate of drug-likeness (QED) is 0.212. The van der Waals surface area contributed by atoms with E-state index in [9.17, 15) is 24.3 Å². The van der Waals surface area contributed by atoms with Crippen molar-refractivity contribution in [1.82, 2.24) is 25.4 Å². The number of piperidine rings is 1. The molecule has 0 aliphatic carbocycles. The summed E-state index contributed by atoms with van der Waals surface area (Å²) in [4.78, 5) is 60.4. The monoisotopic (exact) mass is 683 g/mol. The van der Waals surface area contributed by atoms with Crippen molar-refractivity contribution in [2.45, 2.75) is 110 Å². The molecule has 4 atom stereocenters. The van der Waals surface area contributed by atoms with Gasteiger partial charge in [-0.25, -0.2) is 4.98 Å². The Hall–Kier alpha value is -3.35. The highest BCUT2D eigenvalue weighted by molar-refractivity contribution is 7.13. The first-order valence-corrected chi connectivity index (χ1v) is 18.1. The Morgan fingerprint density at radius 1 is 1.04 bits per heavy atom.